The molecule has 0 aliphatic carbocycles. The number of carbonyl (C=O) groups is 1. The van der Waals surface area contributed by atoms with E-state index >= 15 is 0 Å². The second-order valence-corrected chi connectivity index (χ2v) is 5.43. The molecule has 0 aliphatic heterocycles. The van der Waals surface area contributed by atoms with Crippen molar-refractivity contribution in [1.29, 1.82) is 0 Å². The van der Waals surface area contributed by atoms with E-state index in [-0.39, 0.29) is 5.91 Å². The zero-order valence-corrected chi connectivity index (χ0v) is 13.6. The van der Waals surface area contributed by atoms with Crippen molar-refractivity contribution in [3.63, 3.8) is 0 Å². The molecule has 0 aliphatic rings. The Kier molecular flexibility index (Phi) is 4.56. The smallest absolute Gasteiger partial charge is 0.272 e. The maximum Gasteiger partial charge on any atom is 0.272 e. The summed E-state index contributed by atoms with van der Waals surface area (Å²) in [4.78, 5) is 15.8. The second-order valence-electron chi connectivity index (χ2n) is 5.43. The Balaban J connectivity index is 1.70. The molecule has 0 atom stereocenters. The van der Waals surface area contributed by atoms with Gasteiger partial charge >= 0.3 is 0 Å². The van der Waals surface area contributed by atoms with Crippen LogP contribution < -0.4 is 5.43 Å². The first-order valence-electron chi connectivity index (χ1n) is 7.57. The lowest BCUT2D eigenvalue weighted by Gasteiger charge is -2.07. The fraction of sp³-hybridized carbons (Fsp3) is 0.167. The molecule has 1 N–H and O–H groups in total. The van der Waals surface area contributed by atoms with Crippen LogP contribution in [0.5, 0.6) is 0 Å². The number of pyridine rings is 1. The summed E-state index contributed by atoms with van der Waals surface area (Å²) in [6, 6.07) is 9.24. The first kappa shape index (κ1) is 15.7. The van der Waals surface area contributed by atoms with Crippen molar-refractivity contribution >= 4 is 12.1 Å². The van der Waals surface area contributed by atoms with E-state index in [0.717, 1.165) is 22.7 Å². The number of furan rings is 1. The summed E-state index contributed by atoms with van der Waals surface area (Å²) in [5.74, 6) is 0.605. The number of rotatable bonds is 5. The molecule has 6 nitrogen and oxygen atoms in total. The van der Waals surface area contributed by atoms with Crippen LogP contribution in [0.2, 0.25) is 0 Å². The number of aryl methyl sites for hydroxylation is 1. The predicted molar refractivity (Wildman–Crippen MR) is 91.0 cm³/mol. The van der Waals surface area contributed by atoms with E-state index in [9.17, 15) is 4.79 Å². The van der Waals surface area contributed by atoms with Crippen molar-refractivity contribution in [1.82, 2.24) is 15.0 Å². The third-order valence-electron chi connectivity index (χ3n) is 3.80. The SMILES string of the molecule is Cc1cc(/C=N\NC(=O)c2cccnc2)c(C)n1Cc1ccco1. The predicted octanol–water partition coefficient (Wildman–Crippen LogP) is 2.91. The third-order valence-corrected chi connectivity index (χ3v) is 3.80. The number of carbonyl (C=O) groups excluding carboxylic acids is 1. The van der Waals surface area contributed by atoms with E-state index in [0.29, 0.717) is 12.1 Å². The summed E-state index contributed by atoms with van der Waals surface area (Å²) in [6.45, 7) is 4.71. The van der Waals surface area contributed by atoms with Crippen molar-refractivity contribution in [3.8, 4) is 0 Å². The summed E-state index contributed by atoms with van der Waals surface area (Å²) in [5.41, 5.74) is 6.09. The number of hydrazone groups is 1. The van der Waals surface area contributed by atoms with E-state index in [4.69, 9.17) is 4.42 Å². The van der Waals surface area contributed by atoms with Crippen LogP contribution in [0.25, 0.3) is 0 Å². The van der Waals surface area contributed by atoms with Gasteiger partial charge in [-0.2, -0.15) is 5.10 Å². The van der Waals surface area contributed by atoms with Crippen LogP contribution >= 0.6 is 0 Å². The Morgan fingerprint density at radius 1 is 1.38 bits per heavy atom. The normalized spacial score (nSPS) is 11.1. The maximum absolute atomic E-state index is 11.9. The molecule has 0 bridgehead atoms. The third kappa shape index (κ3) is 3.43. The van der Waals surface area contributed by atoms with Crippen LogP contribution in [-0.2, 0) is 6.54 Å². The largest absolute Gasteiger partial charge is 0.467 e. The lowest BCUT2D eigenvalue weighted by Crippen LogP contribution is -2.17. The zero-order chi connectivity index (χ0) is 16.9. The average Bonchev–Trinajstić information content (AvgIpc) is 3.20. The maximum atomic E-state index is 11.9. The summed E-state index contributed by atoms with van der Waals surface area (Å²) in [7, 11) is 0. The van der Waals surface area contributed by atoms with Crippen LogP contribution in [0.15, 0.2) is 58.5 Å². The molecule has 24 heavy (non-hydrogen) atoms. The number of nitrogens with one attached hydrogen (secondary N) is 1. The van der Waals surface area contributed by atoms with Gasteiger partial charge in [0.05, 0.1) is 24.6 Å². The molecule has 0 unspecified atom stereocenters. The molecule has 3 heterocycles. The molecule has 0 aromatic carbocycles. The molecule has 1 amide bonds. The van der Waals surface area contributed by atoms with Gasteiger partial charge in [0.15, 0.2) is 0 Å². The van der Waals surface area contributed by atoms with Crippen LogP contribution in [-0.4, -0.2) is 21.7 Å². The number of hydrogen-bond donors (Lipinski definition) is 1. The lowest BCUT2D eigenvalue weighted by molar-refractivity contribution is 0.0955. The number of hydrogen-bond acceptors (Lipinski definition) is 4. The fourth-order valence-corrected chi connectivity index (χ4v) is 2.48. The summed E-state index contributed by atoms with van der Waals surface area (Å²) in [6.07, 6.45) is 6.43. The first-order valence-corrected chi connectivity index (χ1v) is 7.57. The monoisotopic (exact) mass is 322 g/mol. The molecular formula is C18H18N4O2. The van der Waals surface area contributed by atoms with Crippen LogP contribution in [0, 0.1) is 13.8 Å². The van der Waals surface area contributed by atoms with Crippen molar-refractivity contribution in [2.75, 3.05) is 0 Å². The molecule has 122 valence electrons. The van der Waals surface area contributed by atoms with Gasteiger partial charge in [0.1, 0.15) is 5.76 Å². The van der Waals surface area contributed by atoms with Gasteiger partial charge in [-0.1, -0.05) is 0 Å². The molecule has 0 fully saturated rings. The van der Waals surface area contributed by atoms with Gasteiger partial charge in [0.2, 0.25) is 0 Å². The van der Waals surface area contributed by atoms with Crippen molar-refractivity contribution in [2.24, 2.45) is 5.10 Å². The van der Waals surface area contributed by atoms with Crippen molar-refractivity contribution < 1.29 is 9.21 Å². The molecule has 3 rings (SSSR count). The molecular weight excluding hydrogens is 304 g/mol. The summed E-state index contributed by atoms with van der Waals surface area (Å²) < 4.78 is 7.54. The van der Waals surface area contributed by atoms with Gasteiger partial charge < -0.3 is 8.98 Å². The zero-order valence-electron chi connectivity index (χ0n) is 13.6. The minimum Gasteiger partial charge on any atom is -0.467 e. The number of aromatic nitrogens is 2. The van der Waals surface area contributed by atoms with Crippen molar-refractivity contribution in [3.05, 3.63) is 77.3 Å². The minimum atomic E-state index is -0.288. The molecule has 0 spiro atoms. The standard InChI is InChI=1S/C18H18N4O2/c1-13-9-16(14(2)22(13)12-17-6-4-8-24-17)11-20-21-18(23)15-5-3-7-19-10-15/h3-11H,12H2,1-2H3,(H,21,23)/b20-11-. The molecule has 0 radical (unpaired) electrons. The highest BCUT2D eigenvalue weighted by Gasteiger charge is 2.09. The summed E-state index contributed by atoms with van der Waals surface area (Å²) >= 11 is 0. The minimum absolute atomic E-state index is 0.288. The lowest BCUT2D eigenvalue weighted by atomic mass is 10.2. The van der Waals surface area contributed by atoms with Gasteiger partial charge in [0, 0.05) is 29.3 Å². The van der Waals surface area contributed by atoms with E-state index in [1.54, 1.807) is 30.8 Å². The molecule has 0 saturated carbocycles. The topological polar surface area (TPSA) is 72.4 Å². The molecule has 6 heteroatoms. The Morgan fingerprint density at radius 2 is 2.25 bits per heavy atom. The number of nitrogens with zero attached hydrogens (tertiary/aromatic N) is 3. The molecule has 3 aromatic heterocycles. The second kappa shape index (κ2) is 6.95. The van der Waals surface area contributed by atoms with Gasteiger partial charge in [-0.25, -0.2) is 5.43 Å². The quantitative estimate of drug-likeness (QED) is 0.580. The van der Waals surface area contributed by atoms with Gasteiger partial charge in [-0.3, -0.25) is 9.78 Å². The van der Waals surface area contributed by atoms with Gasteiger partial charge in [0.25, 0.3) is 5.91 Å². The summed E-state index contributed by atoms with van der Waals surface area (Å²) in [5, 5.41) is 4.04. The van der Waals surface area contributed by atoms with E-state index in [1.165, 1.54) is 6.20 Å². The van der Waals surface area contributed by atoms with E-state index in [1.807, 2.05) is 32.0 Å². The van der Waals surface area contributed by atoms with Crippen LogP contribution in [0.3, 0.4) is 0 Å². The van der Waals surface area contributed by atoms with Crippen molar-refractivity contribution in [2.45, 2.75) is 20.4 Å². The van der Waals surface area contributed by atoms with Crippen LogP contribution in [0.1, 0.15) is 33.1 Å². The van der Waals surface area contributed by atoms with Gasteiger partial charge in [-0.05, 0) is 44.2 Å². The van der Waals surface area contributed by atoms with Gasteiger partial charge in [-0.15, -0.1) is 0 Å². The molecule has 3 aromatic rings. The Labute approximate surface area is 139 Å². The first-order chi connectivity index (χ1) is 11.6. The highest BCUT2D eigenvalue weighted by Crippen LogP contribution is 2.16. The molecule has 0 saturated heterocycles. The number of amides is 1. The Bertz CT molecular complexity index is 849. The average molecular weight is 322 g/mol. The van der Waals surface area contributed by atoms with Crippen LogP contribution in [0.4, 0.5) is 0 Å². The van der Waals surface area contributed by atoms with E-state index in [2.05, 4.69) is 20.1 Å². The Hall–Kier alpha value is -3.15. The Morgan fingerprint density at radius 3 is 2.96 bits per heavy atom. The van der Waals surface area contributed by atoms with E-state index < -0.39 is 0 Å². The highest BCUT2D eigenvalue weighted by molar-refractivity contribution is 5.94. The fourth-order valence-electron chi connectivity index (χ4n) is 2.48. The highest BCUT2D eigenvalue weighted by atomic mass is 16.3.